The number of nitrogens with one attached hydrogen (secondary N) is 3. The largest absolute Gasteiger partial charge is 0.506 e. The molecule has 4 N–H and O–H groups in total. The Morgan fingerprint density at radius 1 is 1.25 bits per heavy atom. The summed E-state index contributed by atoms with van der Waals surface area (Å²) in [4.78, 5) is 39.6. The van der Waals surface area contributed by atoms with Gasteiger partial charge < -0.3 is 15.4 Å². The normalized spacial score (nSPS) is 18.0. The van der Waals surface area contributed by atoms with Gasteiger partial charge in [0.25, 0.3) is 5.56 Å². The van der Waals surface area contributed by atoms with E-state index in [1.807, 2.05) is 4.98 Å². The van der Waals surface area contributed by atoms with Gasteiger partial charge in [0.05, 0.1) is 11.6 Å². The first-order chi connectivity index (χ1) is 13.2. The lowest BCUT2D eigenvalue weighted by atomic mass is 9.98. The number of piperidine rings is 1. The van der Waals surface area contributed by atoms with E-state index in [2.05, 4.69) is 10.3 Å². The number of H-pyrrole nitrogens is 2. The number of nitrogens with zero attached hydrogens (tertiary/aromatic N) is 1. The summed E-state index contributed by atoms with van der Waals surface area (Å²) < 4.78 is 26.9. The van der Waals surface area contributed by atoms with Crippen LogP contribution in [-0.2, 0) is 14.8 Å². The van der Waals surface area contributed by atoms with E-state index in [1.54, 1.807) is 12.1 Å². The van der Waals surface area contributed by atoms with Crippen LogP contribution in [0.1, 0.15) is 18.5 Å². The van der Waals surface area contributed by atoms with E-state index in [4.69, 9.17) is 0 Å². The van der Waals surface area contributed by atoms with Crippen LogP contribution in [0.5, 0.6) is 5.75 Å². The number of amides is 1. The molecule has 1 aliphatic heterocycles. The van der Waals surface area contributed by atoms with E-state index in [0.717, 1.165) is 4.31 Å². The third kappa shape index (κ3) is 3.85. The van der Waals surface area contributed by atoms with Crippen molar-refractivity contribution in [3.8, 4) is 5.75 Å². The van der Waals surface area contributed by atoms with Gasteiger partial charge in [0.2, 0.25) is 15.9 Å². The Balaban J connectivity index is 1.83. The van der Waals surface area contributed by atoms with Crippen LogP contribution in [0, 0.1) is 12.8 Å². The molecule has 1 saturated heterocycles. The Morgan fingerprint density at radius 2 is 1.96 bits per heavy atom. The van der Waals surface area contributed by atoms with Crippen LogP contribution in [0.4, 0.5) is 5.69 Å². The third-order valence-corrected chi connectivity index (χ3v) is 6.61. The molecular formula is C17H20N4O6S. The summed E-state index contributed by atoms with van der Waals surface area (Å²) in [6.45, 7) is 1.37. The van der Waals surface area contributed by atoms with Gasteiger partial charge in [-0.15, -0.1) is 0 Å². The molecule has 11 heteroatoms. The summed E-state index contributed by atoms with van der Waals surface area (Å²) in [6.07, 6.45) is 0.894. The molecule has 10 nitrogen and oxygen atoms in total. The van der Waals surface area contributed by atoms with Crippen LogP contribution in [-0.4, -0.2) is 46.8 Å². The molecule has 0 bridgehead atoms. The van der Waals surface area contributed by atoms with E-state index in [9.17, 15) is 27.9 Å². The maximum absolute atomic E-state index is 12.9. The van der Waals surface area contributed by atoms with Crippen LogP contribution >= 0.6 is 0 Å². The molecule has 0 radical (unpaired) electrons. The Morgan fingerprint density at radius 3 is 2.64 bits per heavy atom. The fraction of sp³-hybridized carbons (Fsp3) is 0.353. The summed E-state index contributed by atoms with van der Waals surface area (Å²) in [5.74, 6) is -1.16. The molecule has 28 heavy (non-hydrogen) atoms. The number of benzene rings is 1. The molecule has 1 aliphatic rings. The zero-order chi connectivity index (χ0) is 20.5. The van der Waals surface area contributed by atoms with Gasteiger partial charge in [-0.3, -0.25) is 14.6 Å². The fourth-order valence-electron chi connectivity index (χ4n) is 3.22. The maximum Gasteiger partial charge on any atom is 0.325 e. The number of phenols is 1. The first-order valence-corrected chi connectivity index (χ1v) is 10.1. The number of aromatic hydroxyl groups is 1. The molecule has 0 spiro atoms. The molecule has 2 heterocycles. The van der Waals surface area contributed by atoms with E-state index in [1.165, 1.54) is 19.1 Å². The van der Waals surface area contributed by atoms with Crippen LogP contribution in [0.15, 0.2) is 38.8 Å². The number of rotatable bonds is 4. The fourth-order valence-corrected chi connectivity index (χ4v) is 4.94. The van der Waals surface area contributed by atoms with Gasteiger partial charge in [-0.25, -0.2) is 13.2 Å². The van der Waals surface area contributed by atoms with Crippen molar-refractivity contribution in [2.45, 2.75) is 24.7 Å². The molecule has 150 valence electrons. The van der Waals surface area contributed by atoms with Gasteiger partial charge in [-0.2, -0.15) is 4.31 Å². The van der Waals surface area contributed by atoms with Gasteiger partial charge in [-0.1, -0.05) is 12.1 Å². The van der Waals surface area contributed by atoms with E-state index in [-0.39, 0.29) is 30.2 Å². The monoisotopic (exact) mass is 408 g/mol. The predicted octanol–water partition coefficient (Wildman–Crippen LogP) is 0.117. The highest BCUT2D eigenvalue weighted by atomic mass is 32.2. The van der Waals surface area contributed by atoms with Gasteiger partial charge in [0.15, 0.2) is 4.90 Å². The van der Waals surface area contributed by atoms with Crippen molar-refractivity contribution in [1.82, 2.24) is 14.3 Å². The number of carbonyl (C=O) groups is 1. The summed E-state index contributed by atoms with van der Waals surface area (Å²) >= 11 is 0. The first-order valence-electron chi connectivity index (χ1n) is 8.62. The van der Waals surface area contributed by atoms with Crippen LogP contribution in [0.25, 0.3) is 0 Å². The summed E-state index contributed by atoms with van der Waals surface area (Å²) in [6, 6.07) is 6.23. The summed E-state index contributed by atoms with van der Waals surface area (Å²) in [7, 11) is -4.20. The number of hydrogen-bond donors (Lipinski definition) is 4. The second kappa shape index (κ2) is 7.60. The molecule has 1 atom stereocenters. The molecule has 1 amide bonds. The number of para-hydroxylation sites is 2. The molecule has 0 aliphatic carbocycles. The molecular weight excluding hydrogens is 388 g/mol. The minimum Gasteiger partial charge on any atom is -0.506 e. The average Bonchev–Trinajstić information content (AvgIpc) is 2.62. The van der Waals surface area contributed by atoms with Crippen molar-refractivity contribution in [2.24, 2.45) is 5.92 Å². The van der Waals surface area contributed by atoms with Gasteiger partial charge in [0.1, 0.15) is 5.75 Å². The molecule has 0 saturated carbocycles. The number of carbonyl (C=O) groups excluding carboxylic acids is 1. The van der Waals surface area contributed by atoms with E-state index in [0.29, 0.717) is 12.8 Å². The second-order valence-corrected chi connectivity index (χ2v) is 8.45. The number of hydrogen-bond acceptors (Lipinski definition) is 6. The third-order valence-electron chi connectivity index (χ3n) is 4.59. The van der Waals surface area contributed by atoms with Gasteiger partial charge in [0, 0.05) is 18.8 Å². The van der Waals surface area contributed by atoms with Crippen molar-refractivity contribution in [2.75, 3.05) is 18.4 Å². The van der Waals surface area contributed by atoms with Crippen molar-refractivity contribution in [3.63, 3.8) is 0 Å². The average molecular weight is 408 g/mol. The number of sulfonamides is 1. The Bertz CT molecular complexity index is 1120. The van der Waals surface area contributed by atoms with Crippen molar-refractivity contribution >= 4 is 21.6 Å². The highest BCUT2D eigenvalue weighted by Crippen LogP contribution is 2.26. The van der Waals surface area contributed by atoms with Gasteiger partial charge >= 0.3 is 5.69 Å². The number of anilines is 1. The number of aromatic amines is 2. The van der Waals surface area contributed by atoms with E-state index < -0.39 is 38.0 Å². The molecule has 2 aromatic rings. The predicted molar refractivity (Wildman–Crippen MR) is 101 cm³/mol. The SMILES string of the molecule is Cc1[nH]c(=O)[nH]c(=O)c1S(=O)(=O)N1CCC[C@@H](C(=O)Nc2ccccc2O)C1. The topological polar surface area (TPSA) is 152 Å². The standard InChI is InChI=1S/C17H20N4O6S/c1-10-14(16(24)20-17(25)18-10)28(26,27)21-8-4-5-11(9-21)15(23)19-12-6-2-3-7-13(12)22/h2-3,6-7,11,22H,4-5,8-9H2,1H3,(H,19,23)(H2,18,20,24,25)/t11-/m1/s1. The highest BCUT2D eigenvalue weighted by Gasteiger charge is 2.36. The zero-order valence-corrected chi connectivity index (χ0v) is 15.9. The Kier molecular flexibility index (Phi) is 5.38. The minimum absolute atomic E-state index is 0.0606. The molecule has 0 unspecified atom stereocenters. The van der Waals surface area contributed by atoms with E-state index >= 15 is 0 Å². The lowest BCUT2D eigenvalue weighted by Gasteiger charge is -2.31. The highest BCUT2D eigenvalue weighted by molar-refractivity contribution is 7.89. The number of aromatic nitrogens is 2. The smallest absolute Gasteiger partial charge is 0.325 e. The first kappa shape index (κ1) is 19.8. The van der Waals surface area contributed by atoms with Crippen LogP contribution in [0.2, 0.25) is 0 Å². The Labute approximate surface area is 160 Å². The van der Waals surface area contributed by atoms with Crippen molar-refractivity contribution in [3.05, 3.63) is 50.8 Å². The van der Waals surface area contributed by atoms with Crippen LogP contribution < -0.4 is 16.6 Å². The van der Waals surface area contributed by atoms with Crippen molar-refractivity contribution in [1.29, 1.82) is 0 Å². The maximum atomic E-state index is 12.9. The lowest BCUT2D eigenvalue weighted by Crippen LogP contribution is -2.45. The quantitative estimate of drug-likeness (QED) is 0.527. The van der Waals surface area contributed by atoms with Crippen LogP contribution in [0.3, 0.4) is 0 Å². The number of aryl methyl sites for hydroxylation is 1. The molecule has 1 aromatic heterocycles. The minimum atomic E-state index is -4.20. The lowest BCUT2D eigenvalue weighted by molar-refractivity contribution is -0.120. The molecule has 3 rings (SSSR count). The second-order valence-electron chi connectivity index (χ2n) is 6.57. The summed E-state index contributed by atoms with van der Waals surface area (Å²) in [5.41, 5.74) is -1.61. The van der Waals surface area contributed by atoms with Crippen molar-refractivity contribution < 1.29 is 18.3 Å². The Hall–Kier alpha value is -2.92. The molecule has 1 fully saturated rings. The zero-order valence-electron chi connectivity index (χ0n) is 15.1. The molecule has 1 aromatic carbocycles. The summed E-state index contributed by atoms with van der Waals surface area (Å²) in [5, 5.41) is 12.4. The number of phenolic OH excluding ortho intramolecular Hbond substituents is 1. The van der Waals surface area contributed by atoms with Gasteiger partial charge in [-0.05, 0) is 31.9 Å².